The molecule has 0 radical (unpaired) electrons. The van der Waals surface area contributed by atoms with E-state index in [9.17, 15) is 19.2 Å². The number of ether oxygens (including phenoxy) is 2. The van der Waals surface area contributed by atoms with Gasteiger partial charge in [0.25, 0.3) is 0 Å². The minimum atomic E-state index is -0.700. The first-order valence-corrected chi connectivity index (χ1v) is 18.7. The highest BCUT2D eigenvalue weighted by Gasteiger charge is 2.39. The molecule has 18 heteroatoms. The average molecular weight is 749 g/mol. The van der Waals surface area contributed by atoms with Crippen LogP contribution in [0.1, 0.15) is 77.1 Å². The van der Waals surface area contributed by atoms with Crippen LogP contribution in [0.3, 0.4) is 0 Å². The molecule has 0 aromatic carbocycles. The molecule has 4 amide bonds. The van der Waals surface area contributed by atoms with E-state index in [0.29, 0.717) is 38.0 Å². The fraction of sp³-hybridized carbons (Fsp3) is 0.611. The Kier molecular flexibility index (Phi) is 11.9. The number of nitrogens with zero attached hydrogens (tertiary/aromatic N) is 8. The number of methoxy groups -OCH3 is 2. The van der Waals surface area contributed by atoms with E-state index in [4.69, 9.17) is 9.47 Å². The van der Waals surface area contributed by atoms with Crippen LogP contribution in [-0.2, 0) is 19.1 Å². The van der Waals surface area contributed by atoms with Crippen molar-refractivity contribution < 1.29 is 28.7 Å². The minimum Gasteiger partial charge on any atom is -0.453 e. The van der Waals surface area contributed by atoms with Gasteiger partial charge in [0.2, 0.25) is 17.8 Å². The molecular formula is C36H52N12O6. The van der Waals surface area contributed by atoms with Crippen molar-refractivity contribution in [2.75, 3.05) is 63.3 Å². The molecule has 0 unspecified atom stereocenters. The number of carbonyl (C=O) groups is 4. The third kappa shape index (κ3) is 8.21. The molecule has 0 spiro atoms. The van der Waals surface area contributed by atoms with Crippen molar-refractivity contribution >= 4 is 35.8 Å². The van der Waals surface area contributed by atoms with Crippen LogP contribution >= 0.6 is 0 Å². The van der Waals surface area contributed by atoms with E-state index >= 15 is 0 Å². The van der Waals surface area contributed by atoms with Crippen molar-refractivity contribution in [3.05, 3.63) is 36.4 Å². The van der Waals surface area contributed by atoms with Gasteiger partial charge in [-0.15, -0.1) is 0 Å². The lowest BCUT2D eigenvalue weighted by molar-refractivity contribution is -0.136. The molecule has 4 atom stereocenters. The normalized spacial score (nSPS) is 20.0. The molecule has 0 aliphatic carbocycles. The fourth-order valence-electron chi connectivity index (χ4n) is 7.47. The Morgan fingerprint density at radius 3 is 1.65 bits per heavy atom. The zero-order chi connectivity index (χ0) is 38.5. The first kappa shape index (κ1) is 38.3. The Hall–Kier alpha value is -5.42. The van der Waals surface area contributed by atoms with Gasteiger partial charge in [-0.1, -0.05) is 27.7 Å². The summed E-state index contributed by atoms with van der Waals surface area (Å²) >= 11 is 0. The maximum Gasteiger partial charge on any atom is 0.407 e. The number of anilines is 2. The van der Waals surface area contributed by atoms with Crippen LogP contribution in [0.4, 0.5) is 21.4 Å². The first-order valence-electron chi connectivity index (χ1n) is 18.7. The molecule has 3 aliphatic heterocycles. The van der Waals surface area contributed by atoms with Gasteiger partial charge in [0, 0.05) is 57.2 Å². The number of hydrogen-bond acceptors (Lipinski definition) is 12. The molecule has 3 aliphatic rings. The van der Waals surface area contributed by atoms with Gasteiger partial charge < -0.3 is 49.7 Å². The molecule has 6 rings (SSSR count). The summed E-state index contributed by atoms with van der Waals surface area (Å²) in [4.78, 5) is 84.3. The second-order valence-electron chi connectivity index (χ2n) is 14.7. The number of nitrogens with one attached hydrogen (secondary N) is 4. The molecule has 54 heavy (non-hydrogen) atoms. The number of hydrogen-bond donors (Lipinski definition) is 4. The molecule has 292 valence electrons. The lowest BCUT2D eigenvalue weighted by Gasteiger charge is -2.35. The summed E-state index contributed by atoms with van der Waals surface area (Å²) in [5.74, 6) is 2.44. The number of H-pyrrole nitrogens is 2. The summed E-state index contributed by atoms with van der Waals surface area (Å²) in [6, 6.07) is -1.81. The van der Waals surface area contributed by atoms with Crippen LogP contribution < -0.4 is 20.4 Å². The SMILES string of the molecule is COC(=O)N[C@H](C(=O)N1CCC[C@H]1c1ncc(-c2cnc(N3CCN(c4cnc([C@@H]5CCCN5C(=O)[C@@H](NC(=O)OC)C(C)C)[nH]4)CC3)nc2)[nH]1)C(C)C. The lowest BCUT2D eigenvalue weighted by Crippen LogP contribution is -2.51. The number of alkyl carbamates (subject to hydrolysis) is 2. The van der Waals surface area contributed by atoms with E-state index in [-0.39, 0.29) is 35.7 Å². The van der Waals surface area contributed by atoms with E-state index in [1.165, 1.54) is 14.2 Å². The van der Waals surface area contributed by atoms with Crippen LogP contribution in [0, 0.1) is 11.8 Å². The number of aromatic nitrogens is 6. The highest BCUT2D eigenvalue weighted by atomic mass is 16.5. The summed E-state index contributed by atoms with van der Waals surface area (Å²) in [6.07, 6.45) is 9.09. The second-order valence-corrected chi connectivity index (χ2v) is 14.7. The highest BCUT2D eigenvalue weighted by molar-refractivity contribution is 5.87. The summed E-state index contributed by atoms with van der Waals surface area (Å²) < 4.78 is 9.49. The number of likely N-dealkylation sites (tertiary alicyclic amines) is 2. The molecule has 3 aromatic rings. The molecule has 0 bridgehead atoms. The van der Waals surface area contributed by atoms with Gasteiger partial charge in [0.1, 0.15) is 29.6 Å². The van der Waals surface area contributed by atoms with Gasteiger partial charge in [-0.05, 0) is 37.5 Å². The fourth-order valence-corrected chi connectivity index (χ4v) is 7.47. The molecule has 0 saturated carbocycles. The third-order valence-corrected chi connectivity index (χ3v) is 10.5. The topological polar surface area (TPSA) is 207 Å². The van der Waals surface area contributed by atoms with Crippen molar-refractivity contribution in [1.29, 1.82) is 0 Å². The number of rotatable bonds is 11. The summed E-state index contributed by atoms with van der Waals surface area (Å²) in [6.45, 7) is 11.6. The number of amides is 4. The standard InChI is InChI=1S/C36H52N12O6/c1-21(2)28(43-35(51)53-5)32(49)47-11-7-9-25(47)30-37-19-24(41-30)23-17-39-34(40-18-23)46-15-13-45(14-16-46)27-20-38-31(42-27)26-10-8-12-48(26)33(50)29(22(3)4)44-36(52)54-6/h17-22,25-26,28-29H,7-16H2,1-6H3,(H,37,41)(H,38,42)(H,43,51)(H,44,52)/t25-,26-,28-,29-/m0/s1. The van der Waals surface area contributed by atoms with E-state index < -0.39 is 24.3 Å². The molecule has 3 aromatic heterocycles. The van der Waals surface area contributed by atoms with Gasteiger partial charge >= 0.3 is 12.2 Å². The molecule has 3 saturated heterocycles. The largest absolute Gasteiger partial charge is 0.453 e. The van der Waals surface area contributed by atoms with E-state index in [1.807, 2.05) is 38.8 Å². The second kappa shape index (κ2) is 16.7. The average Bonchev–Trinajstić information content (AvgIpc) is 4.02. The summed E-state index contributed by atoms with van der Waals surface area (Å²) in [5, 5.41) is 5.37. The number of aromatic amines is 2. The van der Waals surface area contributed by atoms with Crippen molar-refractivity contribution in [2.24, 2.45) is 11.8 Å². The molecule has 6 heterocycles. The maximum atomic E-state index is 13.5. The highest BCUT2D eigenvalue weighted by Crippen LogP contribution is 2.34. The van der Waals surface area contributed by atoms with Crippen molar-refractivity contribution in [3.63, 3.8) is 0 Å². The van der Waals surface area contributed by atoms with Gasteiger partial charge in [-0.2, -0.15) is 0 Å². The zero-order valence-electron chi connectivity index (χ0n) is 31.9. The Morgan fingerprint density at radius 2 is 1.15 bits per heavy atom. The molecular weight excluding hydrogens is 696 g/mol. The van der Waals surface area contributed by atoms with E-state index in [1.54, 1.807) is 23.5 Å². The molecule has 4 N–H and O–H groups in total. The van der Waals surface area contributed by atoms with Crippen molar-refractivity contribution in [1.82, 2.24) is 50.3 Å². The summed E-state index contributed by atoms with van der Waals surface area (Å²) in [5.41, 5.74) is 1.54. The Labute approximate surface area is 314 Å². The summed E-state index contributed by atoms with van der Waals surface area (Å²) in [7, 11) is 2.57. The Bertz CT molecular complexity index is 1770. The third-order valence-electron chi connectivity index (χ3n) is 10.5. The maximum absolute atomic E-state index is 13.5. The number of piperazine rings is 1. The van der Waals surface area contributed by atoms with Gasteiger partial charge in [0.05, 0.1) is 44.4 Å². The van der Waals surface area contributed by atoms with Gasteiger partial charge in [0.15, 0.2) is 0 Å². The first-order chi connectivity index (χ1) is 26.0. The van der Waals surface area contributed by atoms with E-state index in [2.05, 4.69) is 50.3 Å². The minimum absolute atomic E-state index is 0.102. The monoisotopic (exact) mass is 748 g/mol. The molecule has 18 nitrogen and oxygen atoms in total. The Balaban J connectivity index is 1.04. The van der Waals surface area contributed by atoms with Crippen LogP contribution in [0.25, 0.3) is 11.3 Å². The number of carbonyl (C=O) groups excluding carboxylic acids is 4. The van der Waals surface area contributed by atoms with Crippen molar-refractivity contribution in [3.8, 4) is 11.3 Å². The predicted octanol–water partition coefficient (Wildman–Crippen LogP) is 3.00. The Morgan fingerprint density at radius 1 is 0.667 bits per heavy atom. The van der Waals surface area contributed by atoms with Crippen LogP contribution in [0.2, 0.25) is 0 Å². The van der Waals surface area contributed by atoms with Crippen LogP contribution in [-0.4, -0.2) is 129 Å². The quantitative estimate of drug-likeness (QED) is 0.223. The zero-order valence-corrected chi connectivity index (χ0v) is 31.9. The van der Waals surface area contributed by atoms with Gasteiger partial charge in [-0.3, -0.25) is 9.59 Å². The predicted molar refractivity (Wildman–Crippen MR) is 198 cm³/mol. The van der Waals surface area contributed by atoms with Crippen LogP contribution in [0.15, 0.2) is 24.8 Å². The van der Waals surface area contributed by atoms with Gasteiger partial charge in [-0.25, -0.2) is 29.5 Å². The smallest absolute Gasteiger partial charge is 0.407 e. The molecule has 3 fully saturated rings. The number of imidazole rings is 2. The van der Waals surface area contributed by atoms with Crippen LogP contribution in [0.5, 0.6) is 0 Å². The van der Waals surface area contributed by atoms with E-state index in [0.717, 1.165) is 61.7 Å². The van der Waals surface area contributed by atoms with Crippen molar-refractivity contribution in [2.45, 2.75) is 77.5 Å². The lowest BCUT2D eigenvalue weighted by atomic mass is 10.0.